The standard InChI is InChI=1S/C16H24N2O3/c17-14(10-12-4-6-13(19)7-5-12)15(20)18-11-16(21)8-2-1-3-9-16/h4-7,14,19,21H,1-3,8-11,17H2,(H,18,20)/t14-/m1/s1. The van der Waals surface area contributed by atoms with Crippen molar-refractivity contribution in [2.75, 3.05) is 6.54 Å². The van der Waals surface area contributed by atoms with Gasteiger partial charge in [-0.2, -0.15) is 0 Å². The van der Waals surface area contributed by atoms with Gasteiger partial charge in [-0.1, -0.05) is 31.4 Å². The first kappa shape index (κ1) is 15.8. The molecule has 1 aliphatic rings. The maximum Gasteiger partial charge on any atom is 0.237 e. The summed E-state index contributed by atoms with van der Waals surface area (Å²) in [4.78, 5) is 12.0. The molecule has 1 aliphatic carbocycles. The third kappa shape index (κ3) is 4.72. The fourth-order valence-corrected chi connectivity index (χ4v) is 2.75. The number of nitrogens with two attached hydrogens (primary N) is 1. The molecule has 0 aliphatic heterocycles. The lowest BCUT2D eigenvalue weighted by atomic mass is 9.85. The van der Waals surface area contributed by atoms with Gasteiger partial charge >= 0.3 is 0 Å². The topological polar surface area (TPSA) is 95.6 Å². The van der Waals surface area contributed by atoms with Crippen molar-refractivity contribution < 1.29 is 15.0 Å². The molecule has 1 amide bonds. The van der Waals surface area contributed by atoms with Crippen molar-refractivity contribution in [1.82, 2.24) is 5.32 Å². The zero-order valence-corrected chi connectivity index (χ0v) is 12.2. The molecule has 0 saturated heterocycles. The largest absolute Gasteiger partial charge is 0.508 e. The van der Waals surface area contributed by atoms with Crippen LogP contribution >= 0.6 is 0 Å². The Morgan fingerprint density at radius 2 is 1.86 bits per heavy atom. The molecule has 0 unspecified atom stereocenters. The quantitative estimate of drug-likeness (QED) is 0.653. The van der Waals surface area contributed by atoms with Crippen molar-refractivity contribution in [2.24, 2.45) is 5.73 Å². The summed E-state index contributed by atoms with van der Waals surface area (Å²) in [5.41, 5.74) is 6.01. The van der Waals surface area contributed by atoms with Crippen LogP contribution in [0.15, 0.2) is 24.3 Å². The lowest BCUT2D eigenvalue weighted by Crippen LogP contribution is -2.49. The number of hydrogen-bond acceptors (Lipinski definition) is 4. The van der Waals surface area contributed by atoms with Gasteiger partial charge in [0.15, 0.2) is 0 Å². The van der Waals surface area contributed by atoms with E-state index >= 15 is 0 Å². The number of nitrogens with one attached hydrogen (secondary N) is 1. The molecule has 0 bridgehead atoms. The number of hydrogen-bond donors (Lipinski definition) is 4. The van der Waals surface area contributed by atoms with E-state index in [0.29, 0.717) is 6.42 Å². The van der Waals surface area contributed by atoms with Crippen LogP contribution < -0.4 is 11.1 Å². The molecule has 5 N–H and O–H groups in total. The number of aromatic hydroxyl groups is 1. The minimum Gasteiger partial charge on any atom is -0.508 e. The molecule has 116 valence electrons. The zero-order valence-electron chi connectivity index (χ0n) is 12.2. The second kappa shape index (κ2) is 6.91. The van der Waals surface area contributed by atoms with Gasteiger partial charge < -0.3 is 21.3 Å². The molecule has 2 rings (SSSR count). The minimum atomic E-state index is -0.772. The number of phenolic OH excluding ortho intramolecular Hbond substituents is 1. The minimum absolute atomic E-state index is 0.191. The van der Waals surface area contributed by atoms with Crippen molar-refractivity contribution in [2.45, 2.75) is 50.2 Å². The van der Waals surface area contributed by atoms with Gasteiger partial charge in [0.05, 0.1) is 11.6 Å². The van der Waals surface area contributed by atoms with Crippen molar-refractivity contribution >= 4 is 5.91 Å². The van der Waals surface area contributed by atoms with Crippen LogP contribution in [0.25, 0.3) is 0 Å². The van der Waals surface area contributed by atoms with Gasteiger partial charge in [-0.15, -0.1) is 0 Å². The molecule has 1 aromatic carbocycles. The van der Waals surface area contributed by atoms with Crippen molar-refractivity contribution in [3.05, 3.63) is 29.8 Å². The van der Waals surface area contributed by atoms with Gasteiger partial charge in [-0.05, 0) is 37.0 Å². The molecule has 5 heteroatoms. The average Bonchev–Trinajstić information content (AvgIpc) is 2.48. The lowest BCUT2D eigenvalue weighted by molar-refractivity contribution is -0.124. The molecule has 5 nitrogen and oxygen atoms in total. The van der Waals surface area contributed by atoms with Gasteiger partial charge in [0.25, 0.3) is 0 Å². The fraction of sp³-hybridized carbons (Fsp3) is 0.562. The third-order valence-corrected chi connectivity index (χ3v) is 4.10. The zero-order chi connectivity index (χ0) is 15.3. The van der Waals surface area contributed by atoms with Crippen LogP contribution in [0.3, 0.4) is 0 Å². The molecule has 1 aromatic rings. The van der Waals surface area contributed by atoms with E-state index in [-0.39, 0.29) is 18.2 Å². The highest BCUT2D eigenvalue weighted by atomic mass is 16.3. The van der Waals surface area contributed by atoms with E-state index in [4.69, 9.17) is 5.73 Å². The van der Waals surface area contributed by atoms with Crippen LogP contribution in [0, 0.1) is 0 Å². The number of rotatable bonds is 5. The first-order chi connectivity index (χ1) is 9.98. The molecular formula is C16H24N2O3. The van der Waals surface area contributed by atoms with Gasteiger partial charge in [-0.25, -0.2) is 0 Å². The highest BCUT2D eigenvalue weighted by molar-refractivity contribution is 5.81. The van der Waals surface area contributed by atoms with Crippen molar-refractivity contribution in [3.8, 4) is 5.75 Å². The lowest BCUT2D eigenvalue weighted by Gasteiger charge is -2.32. The smallest absolute Gasteiger partial charge is 0.237 e. The molecule has 0 heterocycles. The van der Waals surface area contributed by atoms with Gasteiger partial charge in [-0.3, -0.25) is 4.79 Å². The maximum absolute atomic E-state index is 12.0. The summed E-state index contributed by atoms with van der Waals surface area (Å²) in [6.07, 6.45) is 5.04. The summed E-state index contributed by atoms with van der Waals surface area (Å²) in [5, 5.41) is 22.3. The van der Waals surface area contributed by atoms with E-state index in [1.165, 1.54) is 0 Å². The summed E-state index contributed by atoms with van der Waals surface area (Å²) in [7, 11) is 0. The van der Waals surface area contributed by atoms with Gasteiger partial charge in [0, 0.05) is 6.54 Å². The predicted molar refractivity (Wildman–Crippen MR) is 80.8 cm³/mol. The van der Waals surface area contributed by atoms with Gasteiger partial charge in [0.2, 0.25) is 5.91 Å². The van der Waals surface area contributed by atoms with Crippen molar-refractivity contribution in [1.29, 1.82) is 0 Å². The van der Waals surface area contributed by atoms with Crippen LogP contribution in [-0.2, 0) is 11.2 Å². The number of phenols is 1. The number of carbonyl (C=O) groups is 1. The molecule has 1 atom stereocenters. The van der Waals surface area contributed by atoms with Gasteiger partial charge in [0.1, 0.15) is 5.75 Å². The molecular weight excluding hydrogens is 268 g/mol. The van der Waals surface area contributed by atoms with Crippen LogP contribution in [0.2, 0.25) is 0 Å². The normalized spacial score (nSPS) is 19.0. The second-order valence-corrected chi connectivity index (χ2v) is 5.98. The average molecular weight is 292 g/mol. The van der Waals surface area contributed by atoms with Crippen LogP contribution in [0.1, 0.15) is 37.7 Å². The molecule has 0 aromatic heterocycles. The Kier molecular flexibility index (Phi) is 5.20. The Hall–Kier alpha value is -1.59. The highest BCUT2D eigenvalue weighted by Gasteiger charge is 2.30. The number of aliphatic hydroxyl groups is 1. The van der Waals surface area contributed by atoms with E-state index in [2.05, 4.69) is 5.32 Å². The number of benzene rings is 1. The van der Waals surface area contributed by atoms with E-state index in [1.54, 1.807) is 24.3 Å². The first-order valence-corrected chi connectivity index (χ1v) is 7.52. The SMILES string of the molecule is N[C@H](Cc1ccc(O)cc1)C(=O)NCC1(O)CCCCC1. The van der Waals surface area contributed by atoms with Crippen LogP contribution in [-0.4, -0.2) is 34.3 Å². The molecule has 0 spiro atoms. The van der Waals surface area contributed by atoms with Crippen LogP contribution in [0.5, 0.6) is 5.75 Å². The van der Waals surface area contributed by atoms with E-state index in [0.717, 1.165) is 37.7 Å². The Morgan fingerprint density at radius 1 is 1.24 bits per heavy atom. The van der Waals surface area contributed by atoms with Crippen LogP contribution in [0.4, 0.5) is 0 Å². The summed E-state index contributed by atoms with van der Waals surface area (Å²) in [6, 6.07) is 5.99. The van der Waals surface area contributed by atoms with E-state index in [1.807, 2.05) is 0 Å². The summed E-state index contributed by atoms with van der Waals surface area (Å²) < 4.78 is 0. The second-order valence-electron chi connectivity index (χ2n) is 5.98. The Labute approximate surface area is 125 Å². The van der Waals surface area contributed by atoms with Crippen molar-refractivity contribution in [3.63, 3.8) is 0 Å². The summed E-state index contributed by atoms with van der Waals surface area (Å²) >= 11 is 0. The van der Waals surface area contributed by atoms with E-state index < -0.39 is 11.6 Å². The third-order valence-electron chi connectivity index (χ3n) is 4.10. The maximum atomic E-state index is 12.0. The predicted octanol–water partition coefficient (Wildman–Crippen LogP) is 1.07. The fourth-order valence-electron chi connectivity index (χ4n) is 2.75. The van der Waals surface area contributed by atoms with E-state index in [9.17, 15) is 15.0 Å². The Morgan fingerprint density at radius 3 is 2.48 bits per heavy atom. The molecule has 21 heavy (non-hydrogen) atoms. The molecule has 0 radical (unpaired) electrons. The monoisotopic (exact) mass is 292 g/mol. The summed E-state index contributed by atoms with van der Waals surface area (Å²) in [5.74, 6) is -0.0571. The molecule has 1 saturated carbocycles. The summed E-state index contributed by atoms with van der Waals surface area (Å²) in [6.45, 7) is 0.273. The number of carbonyl (C=O) groups excluding carboxylic acids is 1. The first-order valence-electron chi connectivity index (χ1n) is 7.52. The highest BCUT2D eigenvalue weighted by Crippen LogP contribution is 2.27. The number of amides is 1. The Bertz CT molecular complexity index is 467. The molecule has 1 fully saturated rings. The Balaban J connectivity index is 1.80.